The van der Waals surface area contributed by atoms with Crippen molar-refractivity contribution in [2.75, 3.05) is 32.1 Å². The molecule has 1 aromatic carbocycles. The number of ether oxygens (including phenoxy) is 1. The number of carbonyl (C=O) groups excluding carboxylic acids is 2. The number of methoxy groups -OCH3 is 1. The van der Waals surface area contributed by atoms with E-state index in [1.54, 1.807) is 12.1 Å². The summed E-state index contributed by atoms with van der Waals surface area (Å²) in [6.45, 7) is 1.32. The van der Waals surface area contributed by atoms with Gasteiger partial charge in [0.05, 0.1) is 7.11 Å². The van der Waals surface area contributed by atoms with Gasteiger partial charge in [-0.15, -0.1) is 0 Å². The molecule has 3 rings (SSSR count). The molecule has 2 amide bonds. The Morgan fingerprint density at radius 3 is 2.81 bits per heavy atom. The largest absolute Gasteiger partial charge is 0.481 e. The van der Waals surface area contributed by atoms with Gasteiger partial charge < -0.3 is 20.3 Å². The number of rotatable bonds is 4. The summed E-state index contributed by atoms with van der Waals surface area (Å²) >= 11 is 0. The summed E-state index contributed by atoms with van der Waals surface area (Å²) in [5, 5.41) is 5.84. The minimum absolute atomic E-state index is 0.272. The first-order chi connectivity index (χ1) is 12.6. The second kappa shape index (κ2) is 7.92. The van der Waals surface area contributed by atoms with Gasteiger partial charge in [-0.25, -0.2) is 9.37 Å². The van der Waals surface area contributed by atoms with Crippen molar-refractivity contribution in [3.05, 3.63) is 54.0 Å². The zero-order valence-corrected chi connectivity index (χ0v) is 14.2. The van der Waals surface area contributed by atoms with Crippen LogP contribution in [0, 0.1) is 5.82 Å². The van der Waals surface area contributed by atoms with Crippen LogP contribution in [0.25, 0.3) is 0 Å². The van der Waals surface area contributed by atoms with Crippen molar-refractivity contribution in [2.24, 2.45) is 0 Å². The lowest BCUT2D eigenvalue weighted by atomic mass is 10.1. The minimum atomic E-state index is -0.680. The number of halogens is 1. The normalized spacial score (nSPS) is 16.8. The summed E-state index contributed by atoms with van der Waals surface area (Å²) in [6.07, 6.45) is 1.49. The van der Waals surface area contributed by atoms with Crippen molar-refractivity contribution in [1.29, 1.82) is 0 Å². The molecule has 8 heteroatoms. The standard InChI is InChI=1S/C18H19FN4O3/c1-26-16-10-12(6-7-21-16)18(25)23-9-8-20-11-15(23)17(24)22-14-4-2-13(19)3-5-14/h2-7,10,15,20H,8-9,11H2,1H3,(H,22,24)/t15-/m1/s1. The smallest absolute Gasteiger partial charge is 0.254 e. The number of amides is 2. The predicted octanol–water partition coefficient (Wildman–Crippen LogP) is 1.28. The summed E-state index contributed by atoms with van der Waals surface area (Å²) in [6, 6.07) is 7.93. The van der Waals surface area contributed by atoms with Crippen LogP contribution in [0.5, 0.6) is 5.88 Å². The van der Waals surface area contributed by atoms with E-state index < -0.39 is 6.04 Å². The minimum Gasteiger partial charge on any atom is -0.481 e. The van der Waals surface area contributed by atoms with Crippen LogP contribution in [0.15, 0.2) is 42.6 Å². The van der Waals surface area contributed by atoms with Gasteiger partial charge in [-0.1, -0.05) is 0 Å². The van der Waals surface area contributed by atoms with Crippen LogP contribution in [-0.2, 0) is 4.79 Å². The maximum atomic E-state index is 13.0. The molecule has 0 spiro atoms. The van der Waals surface area contributed by atoms with E-state index in [4.69, 9.17) is 4.74 Å². The van der Waals surface area contributed by atoms with Gasteiger partial charge in [0, 0.05) is 43.1 Å². The Labute approximate surface area is 150 Å². The molecule has 1 aliphatic rings. The van der Waals surface area contributed by atoms with Crippen LogP contribution in [0.1, 0.15) is 10.4 Å². The van der Waals surface area contributed by atoms with E-state index in [0.717, 1.165) is 0 Å². The molecule has 26 heavy (non-hydrogen) atoms. The summed E-state index contributed by atoms with van der Waals surface area (Å²) < 4.78 is 18.1. The predicted molar refractivity (Wildman–Crippen MR) is 93.5 cm³/mol. The van der Waals surface area contributed by atoms with E-state index in [-0.39, 0.29) is 17.6 Å². The van der Waals surface area contributed by atoms with Gasteiger partial charge in [0.25, 0.3) is 5.91 Å². The number of hydrogen-bond donors (Lipinski definition) is 2. The van der Waals surface area contributed by atoms with Gasteiger partial charge >= 0.3 is 0 Å². The SMILES string of the molecule is COc1cc(C(=O)N2CCNC[C@@H]2C(=O)Nc2ccc(F)cc2)ccn1. The average molecular weight is 358 g/mol. The fraction of sp³-hybridized carbons (Fsp3) is 0.278. The van der Waals surface area contributed by atoms with Crippen LogP contribution in [0.4, 0.5) is 10.1 Å². The lowest BCUT2D eigenvalue weighted by molar-refractivity contribution is -0.121. The lowest BCUT2D eigenvalue weighted by Gasteiger charge is -2.35. The van der Waals surface area contributed by atoms with E-state index in [1.807, 2.05) is 0 Å². The number of nitrogens with one attached hydrogen (secondary N) is 2. The zero-order valence-electron chi connectivity index (χ0n) is 14.2. The Morgan fingerprint density at radius 1 is 1.31 bits per heavy atom. The van der Waals surface area contributed by atoms with Gasteiger partial charge in [0.1, 0.15) is 11.9 Å². The van der Waals surface area contributed by atoms with E-state index in [0.29, 0.717) is 36.8 Å². The average Bonchev–Trinajstić information content (AvgIpc) is 2.69. The van der Waals surface area contributed by atoms with E-state index >= 15 is 0 Å². The van der Waals surface area contributed by atoms with Gasteiger partial charge in [0.2, 0.25) is 11.8 Å². The van der Waals surface area contributed by atoms with Gasteiger partial charge in [0.15, 0.2) is 0 Å². The van der Waals surface area contributed by atoms with E-state index in [1.165, 1.54) is 42.5 Å². The zero-order chi connectivity index (χ0) is 18.5. The molecule has 0 aliphatic carbocycles. The Morgan fingerprint density at radius 2 is 2.08 bits per heavy atom. The quantitative estimate of drug-likeness (QED) is 0.860. The summed E-state index contributed by atoms with van der Waals surface area (Å²) in [4.78, 5) is 31.0. The maximum absolute atomic E-state index is 13.0. The Hall–Kier alpha value is -3.00. The number of carbonyl (C=O) groups is 2. The van der Waals surface area contributed by atoms with Crippen molar-refractivity contribution in [3.8, 4) is 5.88 Å². The summed E-state index contributed by atoms with van der Waals surface area (Å²) in [5.41, 5.74) is 0.873. The molecule has 0 bridgehead atoms. The number of anilines is 1. The molecule has 7 nitrogen and oxygen atoms in total. The summed E-state index contributed by atoms with van der Waals surface area (Å²) in [7, 11) is 1.47. The monoisotopic (exact) mass is 358 g/mol. The van der Waals surface area contributed by atoms with Crippen molar-refractivity contribution in [1.82, 2.24) is 15.2 Å². The van der Waals surface area contributed by atoms with Gasteiger partial charge in [-0.05, 0) is 30.3 Å². The molecule has 1 fully saturated rings. The molecular weight excluding hydrogens is 339 g/mol. The fourth-order valence-electron chi connectivity index (χ4n) is 2.76. The molecule has 2 N–H and O–H groups in total. The van der Waals surface area contributed by atoms with Crippen molar-refractivity contribution >= 4 is 17.5 Å². The van der Waals surface area contributed by atoms with E-state index in [2.05, 4.69) is 15.6 Å². The van der Waals surface area contributed by atoms with Crippen LogP contribution >= 0.6 is 0 Å². The van der Waals surface area contributed by atoms with Gasteiger partial charge in [-0.3, -0.25) is 9.59 Å². The highest BCUT2D eigenvalue weighted by Gasteiger charge is 2.32. The fourth-order valence-corrected chi connectivity index (χ4v) is 2.76. The second-order valence-corrected chi connectivity index (χ2v) is 5.80. The number of benzene rings is 1. The molecule has 1 aromatic heterocycles. The molecule has 2 aromatic rings. The van der Waals surface area contributed by atoms with Crippen molar-refractivity contribution < 1.29 is 18.7 Å². The van der Waals surface area contributed by atoms with Crippen molar-refractivity contribution in [3.63, 3.8) is 0 Å². The highest BCUT2D eigenvalue weighted by molar-refractivity contribution is 6.01. The highest BCUT2D eigenvalue weighted by atomic mass is 19.1. The Balaban J connectivity index is 1.77. The summed E-state index contributed by atoms with van der Waals surface area (Å²) in [5.74, 6) is -0.659. The number of piperazine rings is 1. The Kier molecular flexibility index (Phi) is 5.43. The van der Waals surface area contributed by atoms with Crippen LogP contribution in [0.3, 0.4) is 0 Å². The maximum Gasteiger partial charge on any atom is 0.254 e. The number of pyridine rings is 1. The molecule has 0 saturated carbocycles. The van der Waals surface area contributed by atoms with Crippen LogP contribution in [-0.4, -0.2) is 54.5 Å². The van der Waals surface area contributed by atoms with Crippen LogP contribution < -0.4 is 15.4 Å². The number of aromatic nitrogens is 1. The molecule has 1 aliphatic heterocycles. The van der Waals surface area contributed by atoms with E-state index in [9.17, 15) is 14.0 Å². The van der Waals surface area contributed by atoms with Crippen LogP contribution in [0.2, 0.25) is 0 Å². The number of hydrogen-bond acceptors (Lipinski definition) is 5. The Bertz CT molecular complexity index is 797. The topological polar surface area (TPSA) is 83.6 Å². The molecule has 1 atom stereocenters. The third-order valence-corrected chi connectivity index (χ3v) is 4.11. The third kappa shape index (κ3) is 3.97. The molecule has 2 heterocycles. The van der Waals surface area contributed by atoms with Crippen molar-refractivity contribution in [2.45, 2.75) is 6.04 Å². The first-order valence-electron chi connectivity index (χ1n) is 8.16. The highest BCUT2D eigenvalue weighted by Crippen LogP contribution is 2.16. The second-order valence-electron chi connectivity index (χ2n) is 5.80. The third-order valence-electron chi connectivity index (χ3n) is 4.11. The molecule has 0 unspecified atom stereocenters. The lowest BCUT2D eigenvalue weighted by Crippen LogP contribution is -2.58. The van der Waals surface area contributed by atoms with Gasteiger partial charge in [-0.2, -0.15) is 0 Å². The first-order valence-corrected chi connectivity index (χ1v) is 8.16. The molecular formula is C18H19FN4O3. The number of nitrogens with zero attached hydrogens (tertiary/aromatic N) is 2. The first kappa shape index (κ1) is 17.8. The molecule has 1 saturated heterocycles. The molecule has 136 valence electrons. The molecule has 0 radical (unpaired) electrons.